The van der Waals surface area contributed by atoms with Gasteiger partial charge in [-0.05, 0) is 54.2 Å². The summed E-state index contributed by atoms with van der Waals surface area (Å²) in [5.41, 5.74) is -0.616. The van der Waals surface area contributed by atoms with E-state index in [1.165, 1.54) is 37.4 Å². The molecule has 10 nitrogen and oxygen atoms in total. The Hall–Kier alpha value is -4.20. The number of carbonyl (C=O) groups is 4. The monoisotopic (exact) mass is 578 g/mol. The van der Waals surface area contributed by atoms with E-state index in [1.807, 2.05) is 0 Å². The van der Waals surface area contributed by atoms with Gasteiger partial charge in [-0.2, -0.15) is 13.2 Å². The highest BCUT2D eigenvalue weighted by Gasteiger charge is 2.59. The van der Waals surface area contributed by atoms with Crippen molar-refractivity contribution in [3.05, 3.63) is 65.0 Å². The van der Waals surface area contributed by atoms with Gasteiger partial charge in [0.1, 0.15) is 25.0 Å². The lowest BCUT2D eigenvalue weighted by molar-refractivity contribution is -0.196. The lowest BCUT2D eigenvalue weighted by Crippen LogP contribution is -2.53. The first-order chi connectivity index (χ1) is 19.4. The Morgan fingerprint density at radius 2 is 1.85 bits per heavy atom. The number of imide groups is 1. The van der Waals surface area contributed by atoms with Crippen LogP contribution in [0, 0.1) is 11.7 Å². The van der Waals surface area contributed by atoms with Crippen LogP contribution in [-0.4, -0.2) is 66.2 Å². The van der Waals surface area contributed by atoms with Crippen molar-refractivity contribution in [3.8, 4) is 0 Å². The van der Waals surface area contributed by atoms with Crippen LogP contribution >= 0.6 is 0 Å². The van der Waals surface area contributed by atoms with Crippen LogP contribution < -0.4 is 10.6 Å². The Bertz CT molecular complexity index is 1380. The van der Waals surface area contributed by atoms with Crippen LogP contribution in [0.1, 0.15) is 29.5 Å². The van der Waals surface area contributed by atoms with E-state index in [1.54, 1.807) is 0 Å². The standard InChI is InChI=1S/C27H26F4N4O6/c1-32-24(38)33-19-8-9-20-17(10-19)13-40-14-26(20)23(37)35(25(39)41-26)12-21(36)34(11-15-2-6-18(28)7-3-15)22(16-4-5-16)27(29,30)31/h2-3,6-10,16,22H,4-5,11-14H2,1H3,(H2,32,33,38)/t22-,26?/m0/s1. The summed E-state index contributed by atoms with van der Waals surface area (Å²) in [4.78, 5) is 52.7. The highest BCUT2D eigenvalue weighted by Crippen LogP contribution is 2.44. The Kier molecular flexibility index (Phi) is 7.36. The molecule has 2 N–H and O–H groups in total. The molecule has 2 fully saturated rings. The second kappa shape index (κ2) is 10.7. The maximum absolute atomic E-state index is 14.2. The number of alkyl halides is 3. The highest BCUT2D eigenvalue weighted by atomic mass is 19.4. The lowest BCUT2D eigenvalue weighted by atomic mass is 9.87. The smallest absolute Gasteiger partial charge is 0.418 e. The van der Waals surface area contributed by atoms with Crippen molar-refractivity contribution in [3.63, 3.8) is 0 Å². The molecular formula is C27H26F4N4O6. The summed E-state index contributed by atoms with van der Waals surface area (Å²) in [6.07, 6.45) is -5.46. The SMILES string of the molecule is CNC(=O)Nc1ccc2c(c1)COCC21OC(=O)N(CC(=O)N(Cc2ccc(F)cc2)[C@@H](C2CC2)C(F)(F)F)C1=O. The molecule has 2 aliphatic heterocycles. The number of fused-ring (bicyclic) bond motifs is 2. The van der Waals surface area contributed by atoms with Gasteiger partial charge >= 0.3 is 18.3 Å². The summed E-state index contributed by atoms with van der Waals surface area (Å²) in [5.74, 6) is -3.50. The summed E-state index contributed by atoms with van der Waals surface area (Å²) < 4.78 is 66.9. The van der Waals surface area contributed by atoms with E-state index >= 15 is 0 Å². The Morgan fingerprint density at radius 1 is 1.15 bits per heavy atom. The van der Waals surface area contributed by atoms with Crippen molar-refractivity contribution in [1.29, 1.82) is 0 Å². The van der Waals surface area contributed by atoms with Crippen molar-refractivity contribution in [2.24, 2.45) is 5.92 Å². The molecule has 14 heteroatoms. The van der Waals surface area contributed by atoms with Gasteiger partial charge in [0, 0.05) is 24.8 Å². The molecule has 1 aliphatic carbocycles. The van der Waals surface area contributed by atoms with Crippen LogP contribution in [0.5, 0.6) is 0 Å². The third kappa shape index (κ3) is 5.56. The predicted octanol–water partition coefficient (Wildman–Crippen LogP) is 3.65. The van der Waals surface area contributed by atoms with Gasteiger partial charge in [0.05, 0.1) is 6.61 Å². The fourth-order valence-corrected chi connectivity index (χ4v) is 5.17. The quantitative estimate of drug-likeness (QED) is 0.485. The Labute approximate surface area is 231 Å². The number of anilines is 1. The number of hydrogen-bond donors (Lipinski definition) is 2. The third-order valence-electron chi connectivity index (χ3n) is 7.28. The summed E-state index contributed by atoms with van der Waals surface area (Å²) in [5, 5.41) is 4.98. The van der Waals surface area contributed by atoms with Crippen LogP contribution in [0.3, 0.4) is 0 Å². The molecule has 2 heterocycles. The molecule has 1 spiro atoms. The number of halogens is 4. The Morgan fingerprint density at radius 3 is 2.49 bits per heavy atom. The van der Waals surface area contributed by atoms with E-state index in [-0.39, 0.29) is 37.2 Å². The zero-order valence-electron chi connectivity index (χ0n) is 21.8. The van der Waals surface area contributed by atoms with Crippen LogP contribution in [-0.2, 0) is 37.8 Å². The minimum atomic E-state index is -4.77. The third-order valence-corrected chi connectivity index (χ3v) is 7.28. The van der Waals surface area contributed by atoms with Gasteiger partial charge in [0.2, 0.25) is 11.5 Å². The lowest BCUT2D eigenvalue weighted by Gasteiger charge is -2.34. The molecular weight excluding hydrogens is 552 g/mol. The number of rotatable bonds is 7. The molecule has 5 amide bonds. The number of nitrogens with zero attached hydrogens (tertiary/aromatic N) is 2. The average molecular weight is 579 g/mol. The molecule has 5 rings (SSSR count). The topological polar surface area (TPSA) is 117 Å². The molecule has 0 aromatic heterocycles. The van der Waals surface area contributed by atoms with Gasteiger partial charge in [-0.15, -0.1) is 0 Å². The zero-order valence-corrected chi connectivity index (χ0v) is 21.8. The summed E-state index contributed by atoms with van der Waals surface area (Å²) >= 11 is 0. The maximum Gasteiger partial charge on any atom is 0.418 e. The molecule has 1 saturated carbocycles. The molecule has 0 radical (unpaired) electrons. The van der Waals surface area contributed by atoms with Crippen molar-refractivity contribution < 1.29 is 46.2 Å². The molecule has 3 aliphatic rings. The van der Waals surface area contributed by atoms with Crippen molar-refractivity contribution in [2.75, 3.05) is 25.5 Å². The predicted molar refractivity (Wildman–Crippen MR) is 134 cm³/mol. The molecule has 2 aromatic carbocycles. The second-order valence-corrected chi connectivity index (χ2v) is 10.1. The number of urea groups is 1. The van der Waals surface area contributed by atoms with Crippen LogP contribution in [0.2, 0.25) is 0 Å². The average Bonchev–Trinajstić information content (AvgIpc) is 3.72. The molecule has 0 bridgehead atoms. The van der Waals surface area contributed by atoms with Gasteiger partial charge in [0.25, 0.3) is 5.91 Å². The normalized spacial score (nSPS) is 20.9. The minimum absolute atomic E-state index is 0.0320. The van der Waals surface area contributed by atoms with Crippen LogP contribution in [0.4, 0.5) is 32.8 Å². The van der Waals surface area contributed by atoms with E-state index < -0.39 is 66.6 Å². The minimum Gasteiger partial charge on any atom is -0.425 e. The molecule has 218 valence electrons. The number of benzene rings is 2. The number of nitrogens with one attached hydrogen (secondary N) is 2. The van der Waals surface area contributed by atoms with Crippen LogP contribution in [0.15, 0.2) is 42.5 Å². The first-order valence-electron chi connectivity index (χ1n) is 12.8. The van der Waals surface area contributed by atoms with Gasteiger partial charge in [-0.25, -0.2) is 18.9 Å². The molecule has 1 unspecified atom stereocenters. The van der Waals surface area contributed by atoms with E-state index in [4.69, 9.17) is 9.47 Å². The molecule has 2 aromatic rings. The van der Waals surface area contributed by atoms with E-state index in [0.29, 0.717) is 21.1 Å². The van der Waals surface area contributed by atoms with E-state index in [0.717, 1.165) is 12.1 Å². The number of amides is 5. The fourth-order valence-electron chi connectivity index (χ4n) is 5.17. The van der Waals surface area contributed by atoms with Gasteiger partial charge in [-0.3, -0.25) is 9.59 Å². The number of hydrogen-bond acceptors (Lipinski definition) is 6. The number of carbonyl (C=O) groups excluding carboxylic acids is 4. The van der Waals surface area contributed by atoms with Crippen LogP contribution in [0.25, 0.3) is 0 Å². The molecule has 2 atom stereocenters. The van der Waals surface area contributed by atoms with Gasteiger partial charge in [-0.1, -0.05) is 18.2 Å². The van der Waals surface area contributed by atoms with Crippen molar-refractivity contribution >= 4 is 29.6 Å². The zero-order chi connectivity index (χ0) is 29.5. The van der Waals surface area contributed by atoms with E-state index in [9.17, 15) is 36.7 Å². The second-order valence-electron chi connectivity index (χ2n) is 10.1. The fraction of sp³-hybridized carbons (Fsp3) is 0.407. The highest BCUT2D eigenvalue weighted by molar-refractivity contribution is 6.06. The van der Waals surface area contributed by atoms with Crippen molar-refractivity contribution in [2.45, 2.75) is 43.8 Å². The Balaban J connectivity index is 1.41. The summed E-state index contributed by atoms with van der Waals surface area (Å²) in [6, 6.07) is 6.54. The molecule has 1 saturated heterocycles. The van der Waals surface area contributed by atoms with Crippen molar-refractivity contribution in [1.82, 2.24) is 15.1 Å². The largest absolute Gasteiger partial charge is 0.425 e. The molecule has 41 heavy (non-hydrogen) atoms. The maximum atomic E-state index is 14.2. The van der Waals surface area contributed by atoms with Gasteiger partial charge in [0.15, 0.2) is 0 Å². The summed E-state index contributed by atoms with van der Waals surface area (Å²) in [6.45, 7) is -1.84. The first-order valence-corrected chi connectivity index (χ1v) is 12.8. The first kappa shape index (κ1) is 28.3. The summed E-state index contributed by atoms with van der Waals surface area (Å²) in [7, 11) is 1.43. The number of ether oxygens (including phenoxy) is 2. The van der Waals surface area contributed by atoms with E-state index in [2.05, 4.69) is 10.6 Å². The van der Waals surface area contributed by atoms with Gasteiger partial charge < -0.3 is 25.0 Å².